The van der Waals surface area contributed by atoms with Crippen LogP contribution in [0.5, 0.6) is 11.5 Å². The molecule has 1 aromatic carbocycles. The summed E-state index contributed by atoms with van der Waals surface area (Å²) in [6.45, 7) is 7.12. The van der Waals surface area contributed by atoms with Crippen LogP contribution in [0.15, 0.2) is 36.5 Å². The second-order valence-electron chi connectivity index (χ2n) is 8.86. The number of amides is 1. The van der Waals surface area contributed by atoms with Gasteiger partial charge in [0.05, 0.1) is 20.3 Å². The lowest BCUT2D eigenvalue weighted by atomic mass is 10.0. The predicted octanol–water partition coefficient (Wildman–Crippen LogP) is 3.53. The number of fused-ring (bicyclic) bond motifs is 1. The van der Waals surface area contributed by atoms with Crippen LogP contribution in [0.4, 0.5) is 0 Å². The van der Waals surface area contributed by atoms with Crippen molar-refractivity contribution in [2.45, 2.75) is 39.4 Å². The van der Waals surface area contributed by atoms with E-state index >= 15 is 0 Å². The topological polar surface area (TPSA) is 94.4 Å². The second-order valence-corrected chi connectivity index (χ2v) is 9.27. The zero-order valence-corrected chi connectivity index (χ0v) is 21.2. The molecule has 1 amide bonds. The van der Waals surface area contributed by atoms with Crippen LogP contribution in [0.3, 0.4) is 0 Å². The molecule has 0 spiro atoms. The van der Waals surface area contributed by atoms with E-state index in [9.17, 15) is 4.79 Å². The van der Waals surface area contributed by atoms with Crippen LogP contribution < -0.4 is 14.8 Å². The maximum absolute atomic E-state index is 12.8. The Morgan fingerprint density at radius 1 is 1.11 bits per heavy atom. The van der Waals surface area contributed by atoms with Gasteiger partial charge in [-0.2, -0.15) is 0 Å². The Kier molecular flexibility index (Phi) is 7.87. The molecule has 1 aliphatic rings. The van der Waals surface area contributed by atoms with E-state index in [1.165, 1.54) is 0 Å². The van der Waals surface area contributed by atoms with Gasteiger partial charge in [-0.3, -0.25) is 14.7 Å². The van der Waals surface area contributed by atoms with Crippen LogP contribution in [0.2, 0.25) is 5.02 Å². The van der Waals surface area contributed by atoms with E-state index in [1.54, 1.807) is 44.7 Å². The van der Waals surface area contributed by atoms with Gasteiger partial charge in [0.2, 0.25) is 0 Å². The number of carbonyl (C=O) groups excluding carboxylic acids is 1. The van der Waals surface area contributed by atoms with Gasteiger partial charge in [0.15, 0.2) is 17.3 Å². The molecule has 0 bridgehead atoms. The lowest BCUT2D eigenvalue weighted by molar-refractivity contribution is 0.0916. The summed E-state index contributed by atoms with van der Waals surface area (Å²) in [7, 11) is 3.21. The molecule has 3 aromatic rings. The van der Waals surface area contributed by atoms with E-state index < -0.39 is 0 Å². The zero-order valence-electron chi connectivity index (χ0n) is 20.5. The monoisotopic (exact) mass is 498 g/mol. The first-order valence-electron chi connectivity index (χ1n) is 11.7. The summed E-state index contributed by atoms with van der Waals surface area (Å²) >= 11 is 6.53. The predicted molar refractivity (Wildman–Crippen MR) is 133 cm³/mol. The van der Waals surface area contributed by atoms with Gasteiger partial charge in [-0.25, -0.2) is 0 Å². The summed E-state index contributed by atoms with van der Waals surface area (Å²) in [5.74, 6) is 2.86. The first-order chi connectivity index (χ1) is 16.9. The number of aromatic nitrogens is 4. The van der Waals surface area contributed by atoms with Gasteiger partial charge in [-0.15, -0.1) is 10.2 Å². The van der Waals surface area contributed by atoms with Gasteiger partial charge >= 0.3 is 0 Å². The molecule has 0 fully saturated rings. The number of nitrogens with zero attached hydrogens (tertiary/aromatic N) is 5. The SMILES string of the molecule is COc1cc(Cl)c(CN2CCc3nnc(C(NC(=O)c4ccccn4)C(C)C)n3CC2)cc1OC. The number of ether oxygens (including phenoxy) is 2. The number of pyridine rings is 1. The van der Waals surface area contributed by atoms with Crippen LogP contribution in [-0.4, -0.2) is 57.9 Å². The number of nitrogens with one attached hydrogen (secondary N) is 1. The molecule has 2 aromatic heterocycles. The molecule has 0 aliphatic carbocycles. The maximum Gasteiger partial charge on any atom is 0.270 e. The third kappa shape index (κ3) is 5.57. The summed E-state index contributed by atoms with van der Waals surface area (Å²) in [6.07, 6.45) is 2.36. The highest BCUT2D eigenvalue weighted by Crippen LogP contribution is 2.34. The molecule has 10 heteroatoms. The summed E-state index contributed by atoms with van der Waals surface area (Å²) in [5, 5.41) is 12.7. The number of methoxy groups -OCH3 is 2. The third-order valence-corrected chi connectivity index (χ3v) is 6.57. The number of hydrogen-bond donors (Lipinski definition) is 1. The lowest BCUT2D eigenvalue weighted by Gasteiger charge is -2.23. The highest BCUT2D eigenvalue weighted by atomic mass is 35.5. The van der Waals surface area contributed by atoms with Gasteiger partial charge in [-0.05, 0) is 29.7 Å². The standard InChI is InChI=1S/C25H31ClN6O3/c1-16(2)23(28-25(33)19-7-5-6-9-27-19)24-30-29-22-8-10-31(11-12-32(22)24)15-17-13-20(34-3)21(35-4)14-18(17)26/h5-7,9,13-14,16,23H,8,10-12,15H2,1-4H3,(H,28,33). The molecule has 4 rings (SSSR count). The zero-order chi connectivity index (χ0) is 24.9. The highest BCUT2D eigenvalue weighted by Gasteiger charge is 2.28. The lowest BCUT2D eigenvalue weighted by Crippen LogP contribution is -2.34. The van der Waals surface area contributed by atoms with Gasteiger partial charge in [0.1, 0.15) is 11.5 Å². The van der Waals surface area contributed by atoms with Crippen LogP contribution >= 0.6 is 11.6 Å². The largest absolute Gasteiger partial charge is 0.493 e. The molecule has 0 radical (unpaired) electrons. The van der Waals surface area contributed by atoms with E-state index in [-0.39, 0.29) is 17.9 Å². The second kappa shape index (κ2) is 11.0. The number of halogens is 1. The Bertz CT molecular complexity index is 1170. The smallest absolute Gasteiger partial charge is 0.270 e. The van der Waals surface area contributed by atoms with E-state index in [4.69, 9.17) is 21.1 Å². The van der Waals surface area contributed by atoms with E-state index in [0.29, 0.717) is 35.3 Å². The number of hydrogen-bond acceptors (Lipinski definition) is 7. The average molecular weight is 499 g/mol. The quantitative estimate of drug-likeness (QED) is 0.507. The van der Waals surface area contributed by atoms with Gasteiger partial charge in [-0.1, -0.05) is 31.5 Å². The molecule has 35 heavy (non-hydrogen) atoms. The fraction of sp³-hybridized carbons (Fsp3) is 0.440. The van der Waals surface area contributed by atoms with Gasteiger partial charge < -0.3 is 19.4 Å². The minimum absolute atomic E-state index is 0.126. The highest BCUT2D eigenvalue weighted by molar-refractivity contribution is 6.31. The molecular formula is C25H31ClN6O3. The van der Waals surface area contributed by atoms with Crippen molar-refractivity contribution in [2.75, 3.05) is 27.3 Å². The molecule has 1 N–H and O–H groups in total. The maximum atomic E-state index is 12.8. The van der Waals surface area contributed by atoms with E-state index in [1.807, 2.05) is 6.07 Å². The number of benzene rings is 1. The van der Waals surface area contributed by atoms with Gasteiger partial charge in [0.25, 0.3) is 5.91 Å². The number of rotatable bonds is 8. The van der Waals surface area contributed by atoms with Crippen LogP contribution in [-0.2, 0) is 19.5 Å². The van der Waals surface area contributed by atoms with Crippen molar-refractivity contribution < 1.29 is 14.3 Å². The van der Waals surface area contributed by atoms with Crippen molar-refractivity contribution in [3.8, 4) is 11.5 Å². The van der Waals surface area contributed by atoms with Crippen molar-refractivity contribution in [2.24, 2.45) is 5.92 Å². The molecule has 1 unspecified atom stereocenters. The van der Waals surface area contributed by atoms with Crippen molar-refractivity contribution >= 4 is 17.5 Å². The summed E-state index contributed by atoms with van der Waals surface area (Å²) < 4.78 is 12.9. The summed E-state index contributed by atoms with van der Waals surface area (Å²) in [6, 6.07) is 8.73. The molecule has 1 atom stereocenters. The van der Waals surface area contributed by atoms with Crippen molar-refractivity contribution in [1.82, 2.24) is 30.0 Å². The number of carbonyl (C=O) groups is 1. The average Bonchev–Trinajstić information content (AvgIpc) is 3.16. The van der Waals surface area contributed by atoms with Crippen molar-refractivity contribution in [3.63, 3.8) is 0 Å². The third-order valence-electron chi connectivity index (χ3n) is 6.22. The van der Waals surface area contributed by atoms with Gasteiger partial charge in [0, 0.05) is 49.9 Å². The Morgan fingerprint density at radius 2 is 1.89 bits per heavy atom. The fourth-order valence-electron chi connectivity index (χ4n) is 4.28. The summed E-state index contributed by atoms with van der Waals surface area (Å²) in [4.78, 5) is 19.3. The Labute approximate surface area is 210 Å². The van der Waals surface area contributed by atoms with Crippen molar-refractivity contribution in [3.05, 3.63) is 64.5 Å². The minimum atomic E-state index is -0.280. The van der Waals surface area contributed by atoms with Crippen LogP contribution in [0.25, 0.3) is 0 Å². The first-order valence-corrected chi connectivity index (χ1v) is 12.1. The molecule has 186 valence electrons. The normalized spacial score (nSPS) is 14.8. The van der Waals surface area contributed by atoms with E-state index in [2.05, 4.69) is 43.8 Å². The summed E-state index contributed by atoms with van der Waals surface area (Å²) in [5.41, 5.74) is 1.36. The molecule has 0 saturated heterocycles. The molecule has 3 heterocycles. The Hall–Kier alpha value is -3.17. The van der Waals surface area contributed by atoms with Crippen LogP contribution in [0.1, 0.15) is 47.6 Å². The first kappa shape index (κ1) is 24.9. The molecule has 0 saturated carbocycles. The van der Waals surface area contributed by atoms with E-state index in [0.717, 1.165) is 36.7 Å². The molecule has 9 nitrogen and oxygen atoms in total. The Balaban J connectivity index is 1.49. The Morgan fingerprint density at radius 3 is 2.57 bits per heavy atom. The molecular weight excluding hydrogens is 468 g/mol. The minimum Gasteiger partial charge on any atom is -0.493 e. The van der Waals surface area contributed by atoms with Crippen LogP contribution in [0, 0.1) is 5.92 Å². The molecule has 1 aliphatic heterocycles. The van der Waals surface area contributed by atoms with Crippen molar-refractivity contribution in [1.29, 1.82) is 0 Å². The fourth-order valence-corrected chi connectivity index (χ4v) is 4.49.